The van der Waals surface area contributed by atoms with E-state index >= 15 is 0 Å². The van der Waals surface area contributed by atoms with Crippen molar-refractivity contribution in [3.63, 3.8) is 0 Å². The van der Waals surface area contributed by atoms with Gasteiger partial charge in [0.25, 0.3) is 0 Å². The van der Waals surface area contributed by atoms with Gasteiger partial charge in [-0.15, -0.1) is 10.2 Å². The summed E-state index contributed by atoms with van der Waals surface area (Å²) in [6.07, 6.45) is 0.122. The van der Waals surface area contributed by atoms with Crippen molar-refractivity contribution in [1.29, 1.82) is 0 Å². The van der Waals surface area contributed by atoms with Crippen molar-refractivity contribution in [3.8, 4) is 17.4 Å². The Morgan fingerprint density at radius 3 is 2.74 bits per heavy atom. The zero-order chi connectivity index (χ0) is 13.8. The molecule has 0 saturated carbocycles. The lowest BCUT2D eigenvalue weighted by Gasteiger charge is -2.11. The second kappa shape index (κ2) is 5.75. The van der Waals surface area contributed by atoms with Crippen molar-refractivity contribution in [2.75, 3.05) is 7.11 Å². The highest BCUT2D eigenvalue weighted by Crippen LogP contribution is 2.22. The molecule has 0 aliphatic rings. The summed E-state index contributed by atoms with van der Waals surface area (Å²) in [5.74, 6) is 0.946. The summed E-state index contributed by atoms with van der Waals surface area (Å²) in [7, 11) is 1.52. The van der Waals surface area contributed by atoms with Crippen molar-refractivity contribution in [2.45, 2.75) is 32.3 Å². The predicted molar refractivity (Wildman–Crippen MR) is 66.6 cm³/mol. The SMILES string of the molecule is CCC(O)C(C)c1nc(-c2ccc(OC)nn2)no1. The molecule has 2 atom stereocenters. The Morgan fingerprint density at radius 2 is 2.16 bits per heavy atom. The highest BCUT2D eigenvalue weighted by molar-refractivity contribution is 5.47. The molecule has 0 aliphatic heterocycles. The van der Waals surface area contributed by atoms with Crippen molar-refractivity contribution in [3.05, 3.63) is 18.0 Å². The Labute approximate surface area is 110 Å². The molecule has 1 N–H and O–H groups in total. The summed E-state index contributed by atoms with van der Waals surface area (Å²) in [6.45, 7) is 3.73. The van der Waals surface area contributed by atoms with Gasteiger partial charge >= 0.3 is 0 Å². The fraction of sp³-hybridized carbons (Fsp3) is 0.500. The van der Waals surface area contributed by atoms with E-state index < -0.39 is 6.10 Å². The van der Waals surface area contributed by atoms with Crippen LogP contribution in [0.2, 0.25) is 0 Å². The van der Waals surface area contributed by atoms with Crippen LogP contribution < -0.4 is 4.74 Å². The molecule has 0 amide bonds. The number of ether oxygens (including phenoxy) is 1. The molecule has 0 radical (unpaired) electrons. The van der Waals surface area contributed by atoms with Gasteiger partial charge in [0.05, 0.1) is 19.1 Å². The molecule has 2 rings (SSSR count). The Balaban J connectivity index is 2.20. The number of aliphatic hydroxyl groups excluding tert-OH is 1. The van der Waals surface area contributed by atoms with E-state index in [-0.39, 0.29) is 5.92 Å². The number of hydrogen-bond donors (Lipinski definition) is 1. The topological polar surface area (TPSA) is 94.2 Å². The van der Waals surface area contributed by atoms with Gasteiger partial charge in [-0.25, -0.2) is 0 Å². The third-order valence-corrected chi connectivity index (χ3v) is 2.91. The zero-order valence-corrected chi connectivity index (χ0v) is 11.1. The fourth-order valence-corrected chi connectivity index (χ4v) is 1.59. The van der Waals surface area contributed by atoms with Crippen LogP contribution >= 0.6 is 0 Å². The van der Waals surface area contributed by atoms with Crippen molar-refractivity contribution < 1.29 is 14.4 Å². The van der Waals surface area contributed by atoms with E-state index in [1.54, 1.807) is 12.1 Å². The van der Waals surface area contributed by atoms with Crippen molar-refractivity contribution in [1.82, 2.24) is 20.3 Å². The smallest absolute Gasteiger partial charge is 0.233 e. The van der Waals surface area contributed by atoms with E-state index in [1.807, 2.05) is 13.8 Å². The Kier molecular flexibility index (Phi) is 4.06. The van der Waals surface area contributed by atoms with Gasteiger partial charge in [-0.05, 0) is 12.5 Å². The molecule has 0 fully saturated rings. The summed E-state index contributed by atoms with van der Waals surface area (Å²) >= 11 is 0. The lowest BCUT2D eigenvalue weighted by atomic mass is 10.0. The quantitative estimate of drug-likeness (QED) is 0.872. The molecule has 2 aromatic heterocycles. The second-order valence-electron chi connectivity index (χ2n) is 4.18. The van der Waals surface area contributed by atoms with E-state index in [0.717, 1.165) is 0 Å². The molecule has 2 unspecified atom stereocenters. The van der Waals surface area contributed by atoms with Gasteiger partial charge in [0.1, 0.15) is 5.69 Å². The Hall–Kier alpha value is -2.02. The average molecular weight is 264 g/mol. The normalized spacial score (nSPS) is 14.1. The van der Waals surface area contributed by atoms with E-state index in [0.29, 0.717) is 29.7 Å². The molecular weight excluding hydrogens is 248 g/mol. The molecule has 7 nitrogen and oxygen atoms in total. The van der Waals surface area contributed by atoms with E-state index in [2.05, 4.69) is 20.3 Å². The van der Waals surface area contributed by atoms with Crippen LogP contribution in [-0.4, -0.2) is 38.7 Å². The lowest BCUT2D eigenvalue weighted by molar-refractivity contribution is 0.129. The number of hydrogen-bond acceptors (Lipinski definition) is 7. The predicted octanol–water partition coefficient (Wildman–Crippen LogP) is 1.41. The van der Waals surface area contributed by atoms with Crippen LogP contribution in [0.3, 0.4) is 0 Å². The van der Waals surface area contributed by atoms with Crippen LogP contribution in [0, 0.1) is 0 Å². The number of rotatable bonds is 5. The maximum Gasteiger partial charge on any atom is 0.233 e. The zero-order valence-electron chi connectivity index (χ0n) is 11.1. The van der Waals surface area contributed by atoms with Crippen LogP contribution in [0.4, 0.5) is 0 Å². The average Bonchev–Trinajstić information content (AvgIpc) is 2.95. The molecule has 19 heavy (non-hydrogen) atoms. The third-order valence-electron chi connectivity index (χ3n) is 2.91. The maximum absolute atomic E-state index is 9.76. The molecule has 0 aliphatic carbocycles. The highest BCUT2D eigenvalue weighted by Gasteiger charge is 2.21. The number of aliphatic hydroxyl groups is 1. The lowest BCUT2D eigenvalue weighted by Crippen LogP contribution is -2.14. The van der Waals surface area contributed by atoms with Crippen LogP contribution in [-0.2, 0) is 0 Å². The number of methoxy groups -OCH3 is 1. The molecule has 0 spiro atoms. The number of nitrogens with zero attached hydrogens (tertiary/aromatic N) is 4. The summed E-state index contributed by atoms with van der Waals surface area (Å²) in [5.41, 5.74) is 0.494. The molecule has 0 saturated heterocycles. The molecule has 102 valence electrons. The summed E-state index contributed by atoms with van der Waals surface area (Å²) in [5, 5.41) is 21.4. The van der Waals surface area contributed by atoms with Crippen LogP contribution in [0.1, 0.15) is 32.1 Å². The van der Waals surface area contributed by atoms with Crippen molar-refractivity contribution in [2.24, 2.45) is 0 Å². The fourth-order valence-electron chi connectivity index (χ4n) is 1.59. The Bertz CT molecular complexity index is 526. The monoisotopic (exact) mass is 264 g/mol. The standard InChI is InChI=1S/C12H16N4O3/c1-4-9(17)7(2)12-13-11(16-19-12)8-5-6-10(18-3)15-14-8/h5-7,9,17H,4H2,1-3H3. The van der Waals surface area contributed by atoms with Crippen molar-refractivity contribution >= 4 is 0 Å². The van der Waals surface area contributed by atoms with Gasteiger partial charge in [-0.2, -0.15) is 4.98 Å². The molecule has 7 heteroatoms. The Morgan fingerprint density at radius 1 is 1.37 bits per heavy atom. The summed E-state index contributed by atoms with van der Waals surface area (Å²) < 4.78 is 10.1. The highest BCUT2D eigenvalue weighted by atomic mass is 16.5. The minimum absolute atomic E-state index is 0.211. The van der Waals surface area contributed by atoms with E-state index in [4.69, 9.17) is 9.26 Å². The minimum Gasteiger partial charge on any atom is -0.480 e. The van der Waals surface area contributed by atoms with Gasteiger partial charge in [0.2, 0.25) is 17.6 Å². The molecule has 0 aromatic carbocycles. The first-order valence-electron chi connectivity index (χ1n) is 6.05. The third kappa shape index (κ3) is 2.87. The van der Waals surface area contributed by atoms with Crippen LogP contribution in [0.5, 0.6) is 5.88 Å². The van der Waals surface area contributed by atoms with Gasteiger partial charge in [0, 0.05) is 6.07 Å². The minimum atomic E-state index is -0.504. The van der Waals surface area contributed by atoms with Crippen LogP contribution in [0.25, 0.3) is 11.5 Å². The van der Waals surface area contributed by atoms with Gasteiger partial charge in [-0.1, -0.05) is 19.0 Å². The molecule has 0 bridgehead atoms. The van der Waals surface area contributed by atoms with Crippen LogP contribution in [0.15, 0.2) is 16.7 Å². The first-order chi connectivity index (χ1) is 9.15. The first-order valence-corrected chi connectivity index (χ1v) is 6.05. The molecular formula is C12H16N4O3. The van der Waals surface area contributed by atoms with Gasteiger partial charge in [-0.3, -0.25) is 0 Å². The number of aromatic nitrogens is 4. The van der Waals surface area contributed by atoms with Gasteiger partial charge < -0.3 is 14.4 Å². The van der Waals surface area contributed by atoms with E-state index in [9.17, 15) is 5.11 Å². The largest absolute Gasteiger partial charge is 0.480 e. The summed E-state index contributed by atoms with van der Waals surface area (Å²) in [6, 6.07) is 3.37. The van der Waals surface area contributed by atoms with E-state index in [1.165, 1.54) is 7.11 Å². The molecule has 2 heterocycles. The first kappa shape index (κ1) is 13.4. The maximum atomic E-state index is 9.76. The van der Waals surface area contributed by atoms with Gasteiger partial charge in [0.15, 0.2) is 0 Å². The molecule has 2 aromatic rings. The summed E-state index contributed by atoms with van der Waals surface area (Å²) in [4.78, 5) is 4.22. The second-order valence-corrected chi connectivity index (χ2v) is 4.18.